The van der Waals surface area contributed by atoms with Crippen LogP contribution >= 0.6 is 11.3 Å². The Morgan fingerprint density at radius 2 is 0.496 bits per heavy atom. The van der Waals surface area contributed by atoms with Crippen LogP contribution in [0.15, 0.2) is 363 Å². The topological polar surface area (TPSA) is 232 Å². The van der Waals surface area contributed by atoms with Crippen molar-refractivity contribution in [3.05, 3.63) is 392 Å². The van der Waals surface area contributed by atoms with Gasteiger partial charge in [-0.15, -0.1) is 11.3 Å². The van der Waals surface area contributed by atoms with Crippen LogP contribution in [0.4, 0.5) is 0 Å². The third kappa shape index (κ3) is 13.7. The van der Waals surface area contributed by atoms with Gasteiger partial charge in [-0.1, -0.05) is 297 Å². The zero-order chi connectivity index (χ0) is 82.7. The molecule has 125 heavy (non-hydrogen) atoms. The van der Waals surface area contributed by atoms with E-state index in [4.69, 9.17) is 64.2 Å². The number of rotatable bonds is 12. The summed E-state index contributed by atoms with van der Waals surface area (Å²) in [5.41, 5.74) is 28.4. The minimum absolute atomic E-state index is 0.513. The Morgan fingerprint density at radius 3 is 0.912 bits per heavy atom. The van der Waals surface area contributed by atoms with Crippen molar-refractivity contribution in [3.63, 3.8) is 0 Å². The molecule has 0 unspecified atom stereocenters. The van der Waals surface area contributed by atoms with Gasteiger partial charge in [-0.05, 0) is 47.0 Å². The quantitative estimate of drug-likeness (QED) is 0.111. The fraction of sp³-hybridized carbons (Fsp3) is 0.0283. The number of fused-ring (bicyclic) bond motifs is 15. The molecule has 0 radical (unpaired) electrons. The number of benzene rings is 13. The Hall–Kier alpha value is -16.8. The minimum Gasteiger partial charge on any atom is -0.456 e. The van der Waals surface area contributed by atoms with Crippen molar-refractivity contribution in [1.29, 1.82) is 0 Å². The second-order valence-electron chi connectivity index (χ2n) is 30.6. The first-order valence-electron chi connectivity index (χ1n) is 41.1. The van der Waals surface area contributed by atoms with Crippen LogP contribution in [0.5, 0.6) is 0 Å². The molecule has 0 saturated carbocycles. The lowest BCUT2D eigenvalue weighted by Crippen LogP contribution is -2.02. The summed E-state index contributed by atoms with van der Waals surface area (Å²) in [4.78, 5) is 81.1. The van der Waals surface area contributed by atoms with Crippen LogP contribution in [0.1, 0.15) is 33.4 Å². The molecular weight excluding hydrogens is 1560 g/mol. The van der Waals surface area contributed by atoms with E-state index in [0.29, 0.717) is 63.8 Å². The Kier molecular flexibility index (Phi) is 18.4. The number of thiophene rings is 1. The molecule has 18 nitrogen and oxygen atoms in total. The first-order chi connectivity index (χ1) is 61.9. The van der Waals surface area contributed by atoms with Crippen molar-refractivity contribution >= 4 is 53.4 Å². The highest BCUT2D eigenvalue weighted by Gasteiger charge is 2.30. The fourth-order valence-electron chi connectivity index (χ4n) is 17.0. The fourth-order valence-corrected chi connectivity index (χ4v) is 18.3. The first-order valence-corrected chi connectivity index (χ1v) is 41.9. The summed E-state index contributed by atoms with van der Waals surface area (Å²) in [6, 6.07) is 111. The summed E-state index contributed by atoms with van der Waals surface area (Å²) in [5, 5.41) is 4.47. The monoisotopic (exact) mass is 1620 g/mol. The van der Waals surface area contributed by atoms with Crippen molar-refractivity contribution in [1.82, 2.24) is 84.7 Å². The Balaban J connectivity index is 0.000000109. The van der Waals surface area contributed by atoms with E-state index in [2.05, 4.69) is 152 Å². The highest BCUT2D eigenvalue weighted by atomic mass is 32.1. The number of nitrogens with zero attached hydrogens (tertiary/aromatic N) is 17. The second-order valence-corrected chi connectivity index (χ2v) is 31.6. The van der Waals surface area contributed by atoms with Gasteiger partial charge in [-0.2, -0.15) is 0 Å². The molecule has 3 aliphatic rings. The number of hydrogen-bond acceptors (Lipinski definition) is 19. The van der Waals surface area contributed by atoms with Gasteiger partial charge in [-0.3, -0.25) is 0 Å². The molecule has 0 bridgehead atoms. The van der Waals surface area contributed by atoms with E-state index < -0.39 is 0 Å². The average Bonchev–Trinajstić information content (AvgIpc) is 1.59. The lowest BCUT2D eigenvalue weighted by atomic mass is 10.0. The maximum absolute atomic E-state index is 6.47. The Morgan fingerprint density at radius 1 is 0.200 bits per heavy atom. The van der Waals surface area contributed by atoms with Gasteiger partial charge in [0.05, 0.1) is 34.0 Å². The summed E-state index contributed by atoms with van der Waals surface area (Å²) >= 11 is 1.78. The predicted octanol–water partition coefficient (Wildman–Crippen LogP) is 23.8. The summed E-state index contributed by atoms with van der Waals surface area (Å²) in [6.45, 7) is 0. The zero-order valence-corrected chi connectivity index (χ0v) is 67.4. The molecule has 0 amide bonds. The van der Waals surface area contributed by atoms with Crippen molar-refractivity contribution in [2.45, 2.75) is 19.3 Å². The van der Waals surface area contributed by atoms with Crippen molar-refractivity contribution < 1.29 is 4.42 Å². The normalized spacial score (nSPS) is 11.9. The third-order valence-corrected chi connectivity index (χ3v) is 24.3. The zero-order valence-electron chi connectivity index (χ0n) is 66.6. The molecule has 0 atom stereocenters. The van der Waals surface area contributed by atoms with Gasteiger partial charge in [0.25, 0.3) is 0 Å². The molecule has 0 fully saturated rings. The van der Waals surface area contributed by atoms with E-state index >= 15 is 0 Å². The highest BCUT2D eigenvalue weighted by Crippen LogP contribution is 2.48. The Bertz CT molecular complexity index is 7770. The molecule has 0 saturated heterocycles. The first kappa shape index (κ1) is 73.4. The minimum atomic E-state index is 0.513. The standard InChI is InChI=1S/C38H23N5O.C38H23N5S.C30H19N7/c1-3-9-23(10-4-1)36-41-37(24-11-5-2-6-12-24)43-38(42-36)27-16-18-30-29-17-15-26(20-32(29)44-33(30)21-27)34-31-19-25-13-7-8-14-28(25)35(31)40-22-39-34;1-3-11-23(12-4-1)36-41-37(24-13-5-2-6-14-24)43-38(42-36)30-20-10-18-28-27-17-9-19-29(34(27)44-35(28)30)33-31-21-25-15-7-8-16-26(25)32(31)39-22-40-33;1-3-9-19(10-4-1)27-35-28(20-11-5-2-6-12-20)37-29(36-27)22-16-31-30(32-17-22)26-24-15-21-13-7-8-14-23(21)25(24)33-18-34-26/h1-18,20-22H,19H2;1-20,22H,21H2;1-14,16-18H,15H2. The molecule has 25 rings (SSSR count). The molecule has 13 aromatic carbocycles. The van der Waals surface area contributed by atoms with Crippen LogP contribution in [0, 0.1) is 0 Å². The van der Waals surface area contributed by atoms with Crippen LogP contribution in [-0.4, -0.2) is 84.7 Å². The lowest BCUT2D eigenvalue weighted by Gasteiger charge is -2.09. The molecule has 0 aliphatic heterocycles. The van der Waals surface area contributed by atoms with E-state index in [1.165, 1.54) is 48.9 Å². The van der Waals surface area contributed by atoms with E-state index in [-0.39, 0.29) is 0 Å². The molecule has 0 spiro atoms. The lowest BCUT2D eigenvalue weighted by molar-refractivity contribution is 0.669. The van der Waals surface area contributed by atoms with Crippen molar-refractivity contribution in [2.75, 3.05) is 0 Å². The molecule has 22 aromatic rings. The molecule has 586 valence electrons. The molecule has 9 aromatic heterocycles. The summed E-state index contributed by atoms with van der Waals surface area (Å²) in [5.74, 6) is 6.09. The van der Waals surface area contributed by atoms with Gasteiger partial charge >= 0.3 is 0 Å². The van der Waals surface area contributed by atoms with Gasteiger partial charge in [0.1, 0.15) is 35.8 Å². The van der Waals surface area contributed by atoms with Gasteiger partial charge < -0.3 is 4.42 Å². The van der Waals surface area contributed by atoms with Crippen molar-refractivity contribution in [3.8, 4) is 170 Å². The third-order valence-electron chi connectivity index (χ3n) is 23.0. The van der Waals surface area contributed by atoms with Crippen LogP contribution < -0.4 is 0 Å². The molecule has 0 N–H and O–H groups in total. The average molecular weight is 1620 g/mol. The highest BCUT2D eigenvalue weighted by molar-refractivity contribution is 7.26. The molecular formula is C106H65N17OS. The Labute approximate surface area is 719 Å². The van der Waals surface area contributed by atoms with Crippen LogP contribution in [0.25, 0.3) is 212 Å². The van der Waals surface area contributed by atoms with Gasteiger partial charge in [0.15, 0.2) is 58.2 Å². The van der Waals surface area contributed by atoms with Gasteiger partial charge in [0, 0.05) is 152 Å². The van der Waals surface area contributed by atoms with Crippen LogP contribution in [0.2, 0.25) is 0 Å². The van der Waals surface area contributed by atoms with Crippen LogP contribution in [0.3, 0.4) is 0 Å². The molecule has 19 heteroatoms. The SMILES string of the molecule is c1ccc(-c2nc(-c3ccccc3)nc(-c3ccc4c(c3)oc3cc(-c5ncnc6c5Cc5ccccc5-6)ccc34)n2)cc1.c1ccc(-c2nc(-c3ccccc3)nc(-c3cccc4c3sc3c(-c5ncnc6c5Cc5ccccc5-6)cccc34)n2)cc1.c1ccc(-c2nc(-c3ccccc3)nc(-c3cnc(-c4ncnc5c4Cc4ccccc4-5)nc3)n2)cc1. The van der Waals surface area contributed by atoms with E-state index in [0.717, 1.165) is 152 Å². The maximum atomic E-state index is 6.47. The molecule has 3 aliphatic carbocycles. The maximum Gasteiger partial charge on any atom is 0.178 e. The van der Waals surface area contributed by atoms with Crippen molar-refractivity contribution in [2.24, 2.45) is 0 Å². The van der Waals surface area contributed by atoms with E-state index in [1.807, 2.05) is 200 Å². The van der Waals surface area contributed by atoms with E-state index in [1.54, 1.807) is 42.7 Å². The van der Waals surface area contributed by atoms with E-state index in [9.17, 15) is 0 Å². The summed E-state index contributed by atoms with van der Waals surface area (Å²) < 4.78 is 8.82. The van der Waals surface area contributed by atoms with Gasteiger partial charge in [-0.25, -0.2) is 84.7 Å². The number of hydrogen-bond donors (Lipinski definition) is 0. The number of aromatic nitrogens is 17. The molecule has 9 heterocycles. The number of furan rings is 1. The summed E-state index contributed by atoms with van der Waals surface area (Å²) in [7, 11) is 0. The van der Waals surface area contributed by atoms with Gasteiger partial charge in [0.2, 0.25) is 0 Å². The largest absolute Gasteiger partial charge is 0.456 e. The predicted molar refractivity (Wildman–Crippen MR) is 492 cm³/mol. The smallest absolute Gasteiger partial charge is 0.178 e. The summed E-state index contributed by atoms with van der Waals surface area (Å²) in [6.07, 6.45) is 10.9. The van der Waals surface area contributed by atoms with Crippen LogP contribution in [-0.2, 0) is 19.3 Å². The second kappa shape index (κ2) is 31.4.